The molecule has 17 heavy (non-hydrogen) atoms. The highest BCUT2D eigenvalue weighted by Gasteiger charge is 2.33. The fourth-order valence-electron chi connectivity index (χ4n) is 2.02. The third-order valence-corrected chi connectivity index (χ3v) is 2.88. The first-order chi connectivity index (χ1) is 8.18. The molecule has 1 aliphatic rings. The smallest absolute Gasteiger partial charge is 0.326 e. The van der Waals surface area contributed by atoms with Crippen molar-refractivity contribution < 1.29 is 14.7 Å². The number of amides is 1. The number of nitrogens with zero attached hydrogens (tertiary/aromatic N) is 4. The first-order valence-electron chi connectivity index (χ1n) is 5.53. The molecule has 1 atom stereocenters. The lowest BCUT2D eigenvalue weighted by atomic mass is 10.2. The second-order valence-electron chi connectivity index (χ2n) is 3.99. The van der Waals surface area contributed by atoms with Gasteiger partial charge in [-0.1, -0.05) is 0 Å². The first-order valence-corrected chi connectivity index (χ1v) is 5.53. The lowest BCUT2D eigenvalue weighted by Crippen LogP contribution is -2.40. The van der Waals surface area contributed by atoms with Gasteiger partial charge in [-0.25, -0.2) is 9.78 Å². The molecule has 1 aliphatic heterocycles. The molecule has 0 saturated carbocycles. The van der Waals surface area contributed by atoms with Crippen LogP contribution in [0.15, 0.2) is 12.7 Å². The molecule has 0 bridgehead atoms. The molecule has 0 aliphatic carbocycles. The van der Waals surface area contributed by atoms with Crippen LogP contribution in [0.2, 0.25) is 0 Å². The normalized spacial score (nSPS) is 19.5. The molecule has 2 heterocycles. The highest BCUT2D eigenvalue weighted by atomic mass is 16.4. The summed E-state index contributed by atoms with van der Waals surface area (Å²) in [5, 5.41) is 12.9. The zero-order valence-electron chi connectivity index (χ0n) is 9.32. The lowest BCUT2D eigenvalue weighted by Gasteiger charge is -2.21. The second-order valence-corrected chi connectivity index (χ2v) is 3.99. The van der Waals surface area contributed by atoms with Gasteiger partial charge in [0.05, 0.1) is 6.54 Å². The summed E-state index contributed by atoms with van der Waals surface area (Å²) in [6.07, 6.45) is 4.50. The minimum absolute atomic E-state index is 0.134. The number of carboxylic acid groups (broad SMARTS) is 1. The quantitative estimate of drug-likeness (QED) is 0.781. The Bertz CT molecular complexity index is 404. The molecule has 1 N–H and O–H groups in total. The first kappa shape index (κ1) is 11.6. The number of aryl methyl sites for hydroxylation is 1. The molecule has 0 spiro atoms. The number of aromatic nitrogens is 3. The number of carbonyl (C=O) groups is 2. The number of aliphatic carboxylic acids is 1. The summed E-state index contributed by atoms with van der Waals surface area (Å²) in [6, 6.07) is -0.654. The molecule has 2 rings (SSSR count). The van der Waals surface area contributed by atoms with Crippen molar-refractivity contribution in [3.05, 3.63) is 12.7 Å². The molecule has 0 aromatic carbocycles. The van der Waals surface area contributed by atoms with Crippen molar-refractivity contribution in [1.82, 2.24) is 19.7 Å². The summed E-state index contributed by atoms with van der Waals surface area (Å²) in [5.74, 6) is -1.05. The lowest BCUT2D eigenvalue weighted by molar-refractivity contribution is -0.148. The monoisotopic (exact) mass is 238 g/mol. The zero-order chi connectivity index (χ0) is 12.3. The van der Waals surface area contributed by atoms with Gasteiger partial charge in [0, 0.05) is 13.0 Å². The van der Waals surface area contributed by atoms with Gasteiger partial charge in [0.1, 0.15) is 18.7 Å². The maximum atomic E-state index is 11.9. The summed E-state index contributed by atoms with van der Waals surface area (Å²) in [6.45, 7) is 0.967. The minimum atomic E-state index is -0.920. The van der Waals surface area contributed by atoms with E-state index < -0.39 is 12.0 Å². The van der Waals surface area contributed by atoms with Gasteiger partial charge in [-0.3, -0.25) is 9.48 Å². The van der Waals surface area contributed by atoms with E-state index in [0.29, 0.717) is 19.5 Å². The van der Waals surface area contributed by atoms with Crippen molar-refractivity contribution in [2.45, 2.75) is 31.8 Å². The summed E-state index contributed by atoms with van der Waals surface area (Å²) >= 11 is 0. The number of rotatable bonds is 4. The van der Waals surface area contributed by atoms with Gasteiger partial charge < -0.3 is 10.0 Å². The molecule has 1 saturated heterocycles. The SMILES string of the molecule is O=C(O)C1CCCN1C(=O)CCn1cncn1. The van der Waals surface area contributed by atoms with Crippen LogP contribution in [0.1, 0.15) is 19.3 Å². The Morgan fingerprint density at radius 2 is 2.29 bits per heavy atom. The molecular formula is C10H14N4O3. The molecule has 7 heteroatoms. The average molecular weight is 238 g/mol. The van der Waals surface area contributed by atoms with Crippen LogP contribution in [0.3, 0.4) is 0 Å². The molecular weight excluding hydrogens is 224 g/mol. The Labute approximate surface area is 98.0 Å². The molecule has 1 aromatic heterocycles. The molecule has 92 valence electrons. The van der Waals surface area contributed by atoms with E-state index in [0.717, 1.165) is 6.42 Å². The maximum Gasteiger partial charge on any atom is 0.326 e. The van der Waals surface area contributed by atoms with Crippen molar-refractivity contribution in [2.75, 3.05) is 6.54 Å². The molecule has 1 aromatic rings. The Kier molecular flexibility index (Phi) is 3.36. The van der Waals surface area contributed by atoms with Gasteiger partial charge in [0.15, 0.2) is 0 Å². The fraction of sp³-hybridized carbons (Fsp3) is 0.600. The van der Waals surface area contributed by atoms with Crippen LogP contribution >= 0.6 is 0 Å². The summed E-state index contributed by atoms with van der Waals surface area (Å²) < 4.78 is 1.56. The number of hydrogen-bond acceptors (Lipinski definition) is 4. The van der Waals surface area contributed by atoms with E-state index in [9.17, 15) is 9.59 Å². The summed E-state index contributed by atoms with van der Waals surface area (Å²) in [5.41, 5.74) is 0. The van der Waals surface area contributed by atoms with Crippen LogP contribution in [-0.2, 0) is 16.1 Å². The van der Waals surface area contributed by atoms with Crippen molar-refractivity contribution in [2.24, 2.45) is 0 Å². The largest absolute Gasteiger partial charge is 0.480 e. The van der Waals surface area contributed by atoms with E-state index in [4.69, 9.17) is 5.11 Å². The topological polar surface area (TPSA) is 88.3 Å². The van der Waals surface area contributed by atoms with E-state index in [1.54, 1.807) is 4.68 Å². The maximum absolute atomic E-state index is 11.9. The van der Waals surface area contributed by atoms with Crippen LogP contribution in [0, 0.1) is 0 Å². The Balaban J connectivity index is 1.89. The fourth-order valence-corrected chi connectivity index (χ4v) is 2.02. The van der Waals surface area contributed by atoms with E-state index >= 15 is 0 Å². The highest BCUT2D eigenvalue weighted by Crippen LogP contribution is 2.18. The van der Waals surface area contributed by atoms with Crippen LogP contribution in [0.25, 0.3) is 0 Å². The number of likely N-dealkylation sites (tertiary alicyclic amines) is 1. The van der Waals surface area contributed by atoms with Gasteiger partial charge in [-0.15, -0.1) is 0 Å². The van der Waals surface area contributed by atoms with Gasteiger partial charge >= 0.3 is 5.97 Å². The third-order valence-electron chi connectivity index (χ3n) is 2.88. The van der Waals surface area contributed by atoms with Crippen LogP contribution in [0.4, 0.5) is 0 Å². The zero-order valence-corrected chi connectivity index (χ0v) is 9.32. The van der Waals surface area contributed by atoms with Crippen molar-refractivity contribution >= 4 is 11.9 Å². The predicted octanol–water partition coefficient (Wildman–Crippen LogP) is -0.256. The van der Waals surface area contributed by atoms with Crippen LogP contribution in [0.5, 0.6) is 0 Å². The predicted molar refractivity (Wildman–Crippen MR) is 57.0 cm³/mol. The summed E-state index contributed by atoms with van der Waals surface area (Å²) in [4.78, 5) is 28.0. The number of carbonyl (C=O) groups excluding carboxylic acids is 1. The van der Waals surface area contributed by atoms with E-state index in [2.05, 4.69) is 10.1 Å². The van der Waals surface area contributed by atoms with Crippen LogP contribution < -0.4 is 0 Å². The van der Waals surface area contributed by atoms with Gasteiger partial charge in [0.25, 0.3) is 0 Å². The van der Waals surface area contributed by atoms with Gasteiger partial charge in [-0.2, -0.15) is 5.10 Å². The van der Waals surface area contributed by atoms with Gasteiger partial charge in [-0.05, 0) is 12.8 Å². The Morgan fingerprint density at radius 1 is 1.47 bits per heavy atom. The van der Waals surface area contributed by atoms with E-state index in [-0.39, 0.29) is 12.3 Å². The number of carboxylic acids is 1. The van der Waals surface area contributed by atoms with E-state index in [1.807, 2.05) is 0 Å². The molecule has 1 amide bonds. The summed E-state index contributed by atoms with van der Waals surface area (Å²) in [7, 11) is 0. The highest BCUT2D eigenvalue weighted by molar-refractivity contribution is 5.84. The average Bonchev–Trinajstić information content (AvgIpc) is 2.96. The number of hydrogen-bond donors (Lipinski definition) is 1. The van der Waals surface area contributed by atoms with Crippen molar-refractivity contribution in [1.29, 1.82) is 0 Å². The molecule has 1 unspecified atom stereocenters. The molecule has 1 fully saturated rings. The second kappa shape index (κ2) is 4.94. The minimum Gasteiger partial charge on any atom is -0.480 e. The standard InChI is InChI=1S/C10H14N4O3/c15-9(3-5-13-7-11-6-12-13)14-4-1-2-8(14)10(16)17/h6-8H,1-5H2,(H,16,17). The van der Waals surface area contributed by atoms with Gasteiger partial charge in [0.2, 0.25) is 5.91 Å². The Hall–Kier alpha value is -1.92. The molecule has 7 nitrogen and oxygen atoms in total. The van der Waals surface area contributed by atoms with E-state index in [1.165, 1.54) is 17.6 Å². The third kappa shape index (κ3) is 2.61. The van der Waals surface area contributed by atoms with Crippen molar-refractivity contribution in [3.8, 4) is 0 Å². The Morgan fingerprint density at radius 3 is 2.94 bits per heavy atom. The van der Waals surface area contributed by atoms with Crippen molar-refractivity contribution in [3.63, 3.8) is 0 Å². The van der Waals surface area contributed by atoms with Crippen LogP contribution in [-0.4, -0.2) is 49.2 Å². The molecule has 0 radical (unpaired) electrons.